The SMILES string of the molecule is CCN(CC)S(=O)(=O)c1cc(C)c(C)c(NC(=O)CCc2ncc(-c3ccccc3F)o2)c1. The number of benzene rings is 2. The molecule has 0 radical (unpaired) electrons. The molecule has 176 valence electrons. The van der Waals surface area contributed by atoms with Gasteiger partial charge in [0.05, 0.1) is 16.7 Å². The molecule has 0 unspecified atom stereocenters. The van der Waals surface area contributed by atoms with E-state index in [9.17, 15) is 17.6 Å². The van der Waals surface area contributed by atoms with Gasteiger partial charge in [0.2, 0.25) is 15.9 Å². The Morgan fingerprint density at radius 2 is 1.85 bits per heavy atom. The van der Waals surface area contributed by atoms with Crippen LogP contribution in [0.3, 0.4) is 0 Å². The van der Waals surface area contributed by atoms with Crippen LogP contribution in [-0.4, -0.2) is 36.7 Å². The largest absolute Gasteiger partial charge is 0.441 e. The lowest BCUT2D eigenvalue weighted by Crippen LogP contribution is -2.30. The first-order chi connectivity index (χ1) is 15.7. The number of hydrogen-bond acceptors (Lipinski definition) is 5. The van der Waals surface area contributed by atoms with Crippen molar-refractivity contribution in [2.24, 2.45) is 0 Å². The predicted octanol–water partition coefficient (Wildman–Crippen LogP) is 4.70. The lowest BCUT2D eigenvalue weighted by molar-refractivity contribution is -0.116. The van der Waals surface area contributed by atoms with Crippen molar-refractivity contribution in [3.8, 4) is 11.3 Å². The van der Waals surface area contributed by atoms with E-state index in [4.69, 9.17) is 4.42 Å². The fourth-order valence-corrected chi connectivity index (χ4v) is 5.03. The number of carbonyl (C=O) groups is 1. The summed E-state index contributed by atoms with van der Waals surface area (Å²) in [4.78, 5) is 16.9. The summed E-state index contributed by atoms with van der Waals surface area (Å²) >= 11 is 0. The van der Waals surface area contributed by atoms with Gasteiger partial charge in [0.1, 0.15) is 5.82 Å². The molecule has 1 heterocycles. The molecule has 0 saturated heterocycles. The number of carbonyl (C=O) groups excluding carboxylic acids is 1. The maximum Gasteiger partial charge on any atom is 0.243 e. The van der Waals surface area contributed by atoms with Crippen LogP contribution in [0.4, 0.5) is 10.1 Å². The number of rotatable bonds is 9. The molecule has 3 aromatic rings. The van der Waals surface area contributed by atoms with E-state index in [0.717, 1.165) is 11.1 Å². The Hall–Kier alpha value is -3.04. The number of aromatic nitrogens is 1. The Bertz CT molecular complexity index is 1250. The molecule has 0 saturated carbocycles. The van der Waals surface area contributed by atoms with Gasteiger partial charge in [-0.3, -0.25) is 4.79 Å². The Morgan fingerprint density at radius 1 is 1.15 bits per heavy atom. The third-order valence-electron chi connectivity index (χ3n) is 5.52. The van der Waals surface area contributed by atoms with Gasteiger partial charge in [-0.1, -0.05) is 26.0 Å². The maximum absolute atomic E-state index is 13.9. The van der Waals surface area contributed by atoms with E-state index >= 15 is 0 Å². The third kappa shape index (κ3) is 5.48. The molecule has 0 aliphatic heterocycles. The lowest BCUT2D eigenvalue weighted by Gasteiger charge is -2.20. The second-order valence-corrected chi connectivity index (χ2v) is 9.59. The van der Waals surface area contributed by atoms with E-state index in [1.807, 2.05) is 13.8 Å². The topological polar surface area (TPSA) is 92.5 Å². The van der Waals surface area contributed by atoms with Gasteiger partial charge < -0.3 is 9.73 Å². The molecular formula is C24H28FN3O4S. The summed E-state index contributed by atoms with van der Waals surface area (Å²) in [5.74, 6) is -0.109. The Balaban J connectivity index is 1.72. The van der Waals surface area contributed by atoms with Crippen LogP contribution in [-0.2, 0) is 21.2 Å². The second kappa shape index (κ2) is 10.3. The summed E-state index contributed by atoms with van der Waals surface area (Å²) in [6, 6.07) is 9.34. The summed E-state index contributed by atoms with van der Waals surface area (Å²) in [6.45, 7) is 7.92. The van der Waals surface area contributed by atoms with Crippen molar-refractivity contribution < 1.29 is 22.0 Å². The molecule has 7 nitrogen and oxygen atoms in total. The minimum Gasteiger partial charge on any atom is -0.441 e. The van der Waals surface area contributed by atoms with E-state index in [0.29, 0.717) is 36.0 Å². The fraction of sp³-hybridized carbons (Fsp3) is 0.333. The Labute approximate surface area is 193 Å². The van der Waals surface area contributed by atoms with Crippen molar-refractivity contribution in [1.82, 2.24) is 9.29 Å². The molecule has 1 amide bonds. The van der Waals surface area contributed by atoms with Crippen LogP contribution in [0.5, 0.6) is 0 Å². The minimum atomic E-state index is -3.65. The average molecular weight is 474 g/mol. The van der Waals surface area contributed by atoms with Gasteiger partial charge in [-0.05, 0) is 49.2 Å². The normalized spacial score (nSPS) is 11.7. The summed E-state index contributed by atoms with van der Waals surface area (Å²) < 4.78 is 46.7. The molecule has 0 aliphatic carbocycles. The summed E-state index contributed by atoms with van der Waals surface area (Å²) in [6.07, 6.45) is 1.72. The molecule has 0 fully saturated rings. The van der Waals surface area contributed by atoms with Crippen LogP contribution in [0.25, 0.3) is 11.3 Å². The molecule has 9 heteroatoms. The van der Waals surface area contributed by atoms with Crippen molar-refractivity contribution in [3.05, 3.63) is 65.4 Å². The van der Waals surface area contributed by atoms with E-state index < -0.39 is 15.8 Å². The van der Waals surface area contributed by atoms with Gasteiger partial charge in [0.25, 0.3) is 0 Å². The number of nitrogens with zero attached hydrogens (tertiary/aromatic N) is 2. The van der Waals surface area contributed by atoms with Crippen LogP contribution < -0.4 is 5.32 Å². The van der Waals surface area contributed by atoms with Crippen molar-refractivity contribution >= 4 is 21.6 Å². The van der Waals surface area contributed by atoms with E-state index in [1.54, 1.807) is 38.1 Å². The Morgan fingerprint density at radius 3 is 2.52 bits per heavy atom. The van der Waals surface area contributed by atoms with E-state index in [1.165, 1.54) is 22.6 Å². The number of sulfonamides is 1. The van der Waals surface area contributed by atoms with Crippen LogP contribution in [0.15, 0.2) is 51.9 Å². The minimum absolute atomic E-state index is 0.0722. The summed E-state index contributed by atoms with van der Waals surface area (Å²) in [7, 11) is -3.65. The average Bonchev–Trinajstić information content (AvgIpc) is 3.25. The standard InChI is InChI=1S/C24H28FN3O4S/c1-5-28(6-2)33(30,31)18-13-16(3)17(4)21(14-18)27-23(29)11-12-24-26-15-22(32-24)19-9-7-8-10-20(19)25/h7-10,13-15H,5-6,11-12H2,1-4H3,(H,27,29). The molecule has 33 heavy (non-hydrogen) atoms. The highest BCUT2D eigenvalue weighted by Gasteiger charge is 2.23. The lowest BCUT2D eigenvalue weighted by atomic mass is 10.1. The first-order valence-electron chi connectivity index (χ1n) is 10.8. The first-order valence-corrected chi connectivity index (χ1v) is 12.2. The van der Waals surface area contributed by atoms with E-state index in [2.05, 4.69) is 10.3 Å². The maximum atomic E-state index is 13.9. The smallest absolute Gasteiger partial charge is 0.243 e. The molecule has 0 spiro atoms. The van der Waals surface area contributed by atoms with E-state index in [-0.39, 0.29) is 23.6 Å². The second-order valence-electron chi connectivity index (χ2n) is 7.65. The molecule has 0 bridgehead atoms. The molecular weight excluding hydrogens is 445 g/mol. The quantitative estimate of drug-likeness (QED) is 0.486. The van der Waals surface area contributed by atoms with Gasteiger partial charge >= 0.3 is 0 Å². The number of nitrogens with one attached hydrogen (secondary N) is 1. The van der Waals surface area contributed by atoms with Crippen molar-refractivity contribution in [2.75, 3.05) is 18.4 Å². The number of oxazole rings is 1. The van der Waals surface area contributed by atoms with Gasteiger partial charge in [0, 0.05) is 31.6 Å². The highest BCUT2D eigenvalue weighted by molar-refractivity contribution is 7.89. The van der Waals surface area contributed by atoms with Crippen LogP contribution >= 0.6 is 0 Å². The number of aryl methyl sites for hydroxylation is 2. The zero-order valence-electron chi connectivity index (χ0n) is 19.2. The van der Waals surface area contributed by atoms with Crippen LogP contribution in [0.2, 0.25) is 0 Å². The van der Waals surface area contributed by atoms with Crippen molar-refractivity contribution in [1.29, 1.82) is 0 Å². The van der Waals surface area contributed by atoms with Gasteiger partial charge in [0.15, 0.2) is 11.7 Å². The summed E-state index contributed by atoms with van der Waals surface area (Å²) in [5.41, 5.74) is 2.31. The zero-order chi connectivity index (χ0) is 24.2. The monoisotopic (exact) mass is 473 g/mol. The number of hydrogen-bond donors (Lipinski definition) is 1. The van der Waals surface area contributed by atoms with Gasteiger partial charge in [-0.25, -0.2) is 17.8 Å². The highest BCUT2D eigenvalue weighted by Crippen LogP contribution is 2.27. The highest BCUT2D eigenvalue weighted by atomic mass is 32.2. The van der Waals surface area contributed by atoms with Crippen LogP contribution in [0, 0.1) is 19.7 Å². The van der Waals surface area contributed by atoms with Crippen LogP contribution in [0.1, 0.15) is 37.3 Å². The molecule has 1 N–H and O–H groups in total. The van der Waals surface area contributed by atoms with Crippen molar-refractivity contribution in [3.63, 3.8) is 0 Å². The number of anilines is 1. The number of halogens is 1. The molecule has 0 atom stereocenters. The Kier molecular flexibility index (Phi) is 7.65. The molecule has 1 aromatic heterocycles. The van der Waals surface area contributed by atoms with Gasteiger partial charge in [-0.2, -0.15) is 4.31 Å². The fourth-order valence-electron chi connectivity index (χ4n) is 3.46. The predicted molar refractivity (Wildman–Crippen MR) is 125 cm³/mol. The first kappa shape index (κ1) is 24.6. The third-order valence-corrected chi connectivity index (χ3v) is 7.54. The van der Waals surface area contributed by atoms with Crippen molar-refractivity contribution in [2.45, 2.75) is 45.4 Å². The molecule has 0 aliphatic rings. The molecule has 3 rings (SSSR count). The number of amides is 1. The zero-order valence-corrected chi connectivity index (χ0v) is 20.0. The molecule has 2 aromatic carbocycles. The summed E-state index contributed by atoms with van der Waals surface area (Å²) in [5, 5.41) is 2.80. The van der Waals surface area contributed by atoms with Gasteiger partial charge in [-0.15, -0.1) is 0 Å².